The number of methoxy groups -OCH3 is 1. The lowest BCUT2D eigenvalue weighted by atomic mass is 9.98. The number of hydrogen-bond acceptors (Lipinski definition) is 2. The van der Waals surface area contributed by atoms with Gasteiger partial charge in [-0.05, 0) is 55.8 Å². The van der Waals surface area contributed by atoms with E-state index in [1.807, 2.05) is 6.07 Å². The van der Waals surface area contributed by atoms with Crippen molar-refractivity contribution in [1.82, 2.24) is 5.32 Å². The molecule has 1 saturated carbocycles. The van der Waals surface area contributed by atoms with Gasteiger partial charge in [0.05, 0.1) is 6.10 Å². The highest BCUT2D eigenvalue weighted by molar-refractivity contribution is 5.18. The van der Waals surface area contributed by atoms with E-state index in [9.17, 15) is 4.39 Å². The fraction of sp³-hybridized carbons (Fsp3) is 0.625. The molecule has 2 unspecified atom stereocenters. The Bertz CT molecular complexity index is 392. The summed E-state index contributed by atoms with van der Waals surface area (Å²) in [5.74, 6) is 0.514. The molecule has 1 aromatic rings. The summed E-state index contributed by atoms with van der Waals surface area (Å²) in [6.45, 7) is 3.14. The van der Waals surface area contributed by atoms with Gasteiger partial charge in [-0.3, -0.25) is 0 Å². The van der Waals surface area contributed by atoms with E-state index in [2.05, 4.69) is 12.2 Å². The van der Waals surface area contributed by atoms with Gasteiger partial charge in [-0.1, -0.05) is 19.1 Å². The van der Waals surface area contributed by atoms with Crippen LogP contribution in [-0.4, -0.2) is 25.8 Å². The summed E-state index contributed by atoms with van der Waals surface area (Å²) in [4.78, 5) is 0. The highest BCUT2D eigenvalue weighted by Crippen LogP contribution is 2.36. The van der Waals surface area contributed by atoms with Crippen molar-refractivity contribution in [1.29, 1.82) is 0 Å². The third-order valence-electron chi connectivity index (χ3n) is 3.76. The molecule has 3 heteroatoms. The number of ether oxygens (including phenoxy) is 1. The first-order chi connectivity index (χ1) is 9.24. The van der Waals surface area contributed by atoms with Crippen molar-refractivity contribution < 1.29 is 9.13 Å². The summed E-state index contributed by atoms with van der Waals surface area (Å²) < 4.78 is 19.0. The highest BCUT2D eigenvalue weighted by Gasteiger charge is 2.36. The van der Waals surface area contributed by atoms with Crippen molar-refractivity contribution >= 4 is 0 Å². The maximum atomic E-state index is 13.3. The van der Waals surface area contributed by atoms with Gasteiger partial charge in [0.1, 0.15) is 5.82 Å². The summed E-state index contributed by atoms with van der Waals surface area (Å²) in [5, 5.41) is 3.56. The molecule has 0 saturated heterocycles. The van der Waals surface area contributed by atoms with Crippen LogP contribution in [0, 0.1) is 11.7 Å². The summed E-state index contributed by atoms with van der Waals surface area (Å²) in [7, 11) is 1.79. The third kappa shape index (κ3) is 4.29. The second-order valence-corrected chi connectivity index (χ2v) is 5.43. The number of rotatable bonds is 8. The minimum Gasteiger partial charge on any atom is -0.380 e. The average molecular weight is 265 g/mol. The summed E-state index contributed by atoms with van der Waals surface area (Å²) >= 11 is 0. The number of benzene rings is 1. The summed E-state index contributed by atoms with van der Waals surface area (Å²) in [6.07, 6.45) is 4.68. The molecular weight excluding hydrogens is 241 g/mol. The van der Waals surface area contributed by atoms with Gasteiger partial charge in [-0.2, -0.15) is 0 Å². The lowest BCUT2D eigenvalue weighted by molar-refractivity contribution is 0.0511. The van der Waals surface area contributed by atoms with Gasteiger partial charge in [0.25, 0.3) is 0 Å². The Morgan fingerprint density at radius 3 is 2.79 bits per heavy atom. The zero-order valence-corrected chi connectivity index (χ0v) is 11.9. The van der Waals surface area contributed by atoms with Crippen LogP contribution in [0.2, 0.25) is 0 Å². The molecule has 1 aliphatic carbocycles. The van der Waals surface area contributed by atoms with E-state index in [1.54, 1.807) is 19.2 Å². The predicted molar refractivity (Wildman–Crippen MR) is 75.7 cm³/mol. The van der Waals surface area contributed by atoms with Gasteiger partial charge in [0.2, 0.25) is 0 Å². The van der Waals surface area contributed by atoms with Gasteiger partial charge in [-0.25, -0.2) is 4.39 Å². The molecule has 2 rings (SSSR count). The van der Waals surface area contributed by atoms with Crippen LogP contribution >= 0.6 is 0 Å². The van der Waals surface area contributed by atoms with Crippen LogP contribution in [0.15, 0.2) is 24.3 Å². The fourth-order valence-electron chi connectivity index (χ4n) is 2.66. The van der Waals surface area contributed by atoms with E-state index in [0.29, 0.717) is 5.92 Å². The monoisotopic (exact) mass is 265 g/mol. The molecule has 1 N–H and O–H groups in total. The Hall–Kier alpha value is -0.930. The van der Waals surface area contributed by atoms with Crippen LogP contribution < -0.4 is 5.32 Å². The second kappa shape index (κ2) is 7.01. The minimum absolute atomic E-state index is 0.160. The molecule has 106 valence electrons. The minimum atomic E-state index is -0.160. The molecule has 2 nitrogen and oxygen atoms in total. The van der Waals surface area contributed by atoms with E-state index in [-0.39, 0.29) is 18.0 Å². The van der Waals surface area contributed by atoms with Crippen molar-refractivity contribution in [3.63, 3.8) is 0 Å². The maximum absolute atomic E-state index is 13.3. The van der Waals surface area contributed by atoms with E-state index < -0.39 is 0 Å². The molecule has 1 aromatic carbocycles. The highest BCUT2D eigenvalue weighted by atomic mass is 19.1. The van der Waals surface area contributed by atoms with Crippen molar-refractivity contribution in [2.45, 2.75) is 44.8 Å². The van der Waals surface area contributed by atoms with Gasteiger partial charge >= 0.3 is 0 Å². The molecular formula is C16H24FNO. The molecule has 1 aliphatic rings. The van der Waals surface area contributed by atoms with E-state index in [0.717, 1.165) is 24.9 Å². The standard InChI is InChI=1S/C16H24FNO/c1-3-9-18-15(16(19-2)13-7-8-13)11-12-5-4-6-14(17)10-12/h4-6,10,13,15-16,18H,3,7-9,11H2,1-2H3. The SMILES string of the molecule is CCCNC(Cc1cccc(F)c1)C(OC)C1CC1. The fourth-order valence-corrected chi connectivity index (χ4v) is 2.66. The summed E-state index contributed by atoms with van der Waals surface area (Å²) in [5.41, 5.74) is 1.04. The van der Waals surface area contributed by atoms with Gasteiger partial charge < -0.3 is 10.1 Å². The zero-order chi connectivity index (χ0) is 13.7. The molecule has 0 aliphatic heterocycles. The van der Waals surface area contributed by atoms with Crippen LogP contribution in [-0.2, 0) is 11.2 Å². The Morgan fingerprint density at radius 2 is 2.21 bits per heavy atom. The Labute approximate surface area is 115 Å². The molecule has 0 spiro atoms. The van der Waals surface area contributed by atoms with Crippen molar-refractivity contribution in [3.8, 4) is 0 Å². The van der Waals surface area contributed by atoms with Crippen molar-refractivity contribution in [2.75, 3.05) is 13.7 Å². The largest absolute Gasteiger partial charge is 0.380 e. The topological polar surface area (TPSA) is 21.3 Å². The number of hydrogen-bond donors (Lipinski definition) is 1. The van der Waals surface area contributed by atoms with E-state index in [4.69, 9.17) is 4.74 Å². The first-order valence-electron chi connectivity index (χ1n) is 7.25. The first kappa shape index (κ1) is 14.5. The predicted octanol–water partition coefficient (Wildman–Crippen LogP) is 3.16. The molecule has 0 radical (unpaired) electrons. The maximum Gasteiger partial charge on any atom is 0.123 e. The quantitative estimate of drug-likeness (QED) is 0.779. The van der Waals surface area contributed by atoms with Crippen LogP contribution in [0.5, 0.6) is 0 Å². The molecule has 1 fully saturated rings. The molecule has 0 amide bonds. The normalized spacial score (nSPS) is 18.3. The van der Waals surface area contributed by atoms with E-state index in [1.165, 1.54) is 18.9 Å². The van der Waals surface area contributed by atoms with Crippen LogP contribution in [0.4, 0.5) is 4.39 Å². The smallest absolute Gasteiger partial charge is 0.123 e. The average Bonchev–Trinajstić information content (AvgIpc) is 3.21. The molecule has 2 atom stereocenters. The third-order valence-corrected chi connectivity index (χ3v) is 3.76. The Balaban J connectivity index is 2.03. The lowest BCUT2D eigenvalue weighted by Crippen LogP contribution is -2.44. The molecule has 19 heavy (non-hydrogen) atoms. The number of nitrogens with one attached hydrogen (secondary N) is 1. The molecule has 0 bridgehead atoms. The molecule has 0 aromatic heterocycles. The first-order valence-corrected chi connectivity index (χ1v) is 7.25. The Morgan fingerprint density at radius 1 is 1.42 bits per heavy atom. The molecule has 0 heterocycles. The van der Waals surface area contributed by atoms with E-state index >= 15 is 0 Å². The van der Waals surface area contributed by atoms with Gasteiger partial charge in [0.15, 0.2) is 0 Å². The van der Waals surface area contributed by atoms with Gasteiger partial charge in [-0.15, -0.1) is 0 Å². The van der Waals surface area contributed by atoms with Crippen LogP contribution in [0.3, 0.4) is 0 Å². The van der Waals surface area contributed by atoms with Crippen LogP contribution in [0.1, 0.15) is 31.7 Å². The lowest BCUT2D eigenvalue weighted by Gasteiger charge is -2.27. The summed E-state index contributed by atoms with van der Waals surface area (Å²) in [6, 6.07) is 7.16. The van der Waals surface area contributed by atoms with Crippen molar-refractivity contribution in [2.24, 2.45) is 5.92 Å². The number of halogens is 1. The van der Waals surface area contributed by atoms with Gasteiger partial charge in [0, 0.05) is 13.2 Å². The second-order valence-electron chi connectivity index (χ2n) is 5.43. The Kier molecular flexibility index (Phi) is 5.34. The van der Waals surface area contributed by atoms with Crippen LogP contribution in [0.25, 0.3) is 0 Å². The zero-order valence-electron chi connectivity index (χ0n) is 11.9. The van der Waals surface area contributed by atoms with Crippen molar-refractivity contribution in [3.05, 3.63) is 35.6 Å².